The first-order valence-corrected chi connectivity index (χ1v) is 5.73. The lowest BCUT2D eigenvalue weighted by atomic mass is 10.1. The quantitative estimate of drug-likeness (QED) is 0.800. The Morgan fingerprint density at radius 1 is 1.31 bits per heavy atom. The summed E-state index contributed by atoms with van der Waals surface area (Å²) in [5.41, 5.74) is 0.757. The van der Waals surface area contributed by atoms with Crippen LogP contribution in [0.5, 0.6) is 0 Å². The number of primary sulfonamides is 1. The van der Waals surface area contributed by atoms with Gasteiger partial charge >= 0.3 is 0 Å². The Labute approximate surface area is 78.6 Å². The van der Waals surface area contributed by atoms with Crippen molar-refractivity contribution in [3.05, 3.63) is 35.9 Å². The van der Waals surface area contributed by atoms with Crippen LogP contribution in [0.4, 0.5) is 0 Å². The molecular formula is C9H13NO2S. The maximum atomic E-state index is 11.1. The summed E-state index contributed by atoms with van der Waals surface area (Å²) in [7, 11) is -3.47. The van der Waals surface area contributed by atoms with Crippen LogP contribution in [0, 0.1) is 0 Å². The van der Waals surface area contributed by atoms with Crippen LogP contribution in [0.25, 0.3) is 0 Å². The molecule has 0 aromatic heterocycles. The van der Waals surface area contributed by atoms with Crippen LogP contribution in [-0.2, 0) is 10.0 Å². The third-order valence-corrected chi connectivity index (χ3v) is 3.34. The zero-order valence-electron chi connectivity index (χ0n) is 7.47. The predicted octanol–water partition coefficient (Wildman–Crippen LogP) is 1.43. The van der Waals surface area contributed by atoms with Gasteiger partial charge in [-0.1, -0.05) is 37.3 Å². The van der Waals surface area contributed by atoms with E-state index in [0.29, 0.717) is 6.42 Å². The molecule has 0 heterocycles. The van der Waals surface area contributed by atoms with Crippen LogP contribution in [0.3, 0.4) is 0 Å². The van der Waals surface area contributed by atoms with E-state index in [1.807, 2.05) is 25.1 Å². The first kappa shape index (κ1) is 10.2. The van der Waals surface area contributed by atoms with E-state index < -0.39 is 15.3 Å². The minimum absolute atomic E-state index is 0.503. The molecule has 3 nitrogen and oxygen atoms in total. The van der Waals surface area contributed by atoms with Crippen molar-refractivity contribution in [3.63, 3.8) is 0 Å². The van der Waals surface area contributed by atoms with E-state index in [1.165, 1.54) is 0 Å². The van der Waals surface area contributed by atoms with E-state index >= 15 is 0 Å². The smallest absolute Gasteiger partial charge is 0.216 e. The van der Waals surface area contributed by atoms with Crippen molar-refractivity contribution in [2.24, 2.45) is 5.14 Å². The fraction of sp³-hybridized carbons (Fsp3) is 0.333. The van der Waals surface area contributed by atoms with Crippen LogP contribution in [-0.4, -0.2) is 8.42 Å². The molecule has 2 N–H and O–H groups in total. The van der Waals surface area contributed by atoms with Gasteiger partial charge in [0.2, 0.25) is 10.0 Å². The van der Waals surface area contributed by atoms with Crippen molar-refractivity contribution in [2.45, 2.75) is 18.6 Å². The van der Waals surface area contributed by atoms with Gasteiger partial charge in [-0.2, -0.15) is 0 Å². The zero-order valence-corrected chi connectivity index (χ0v) is 8.29. The van der Waals surface area contributed by atoms with Crippen molar-refractivity contribution in [1.82, 2.24) is 0 Å². The monoisotopic (exact) mass is 199 g/mol. The standard InChI is InChI=1S/C9H13NO2S/c1-2-9(13(10,11)12)8-6-4-3-5-7-8/h3-7,9H,2H2,1H3,(H2,10,11,12)/t9-/m0/s1. The molecule has 0 fully saturated rings. The van der Waals surface area contributed by atoms with Gasteiger partial charge in [0.05, 0.1) is 5.25 Å². The number of rotatable bonds is 3. The van der Waals surface area contributed by atoms with E-state index in [0.717, 1.165) is 5.56 Å². The van der Waals surface area contributed by atoms with Gasteiger partial charge in [0.15, 0.2) is 0 Å². The Morgan fingerprint density at radius 2 is 1.85 bits per heavy atom. The van der Waals surface area contributed by atoms with Crippen LogP contribution in [0.2, 0.25) is 0 Å². The molecule has 0 aliphatic rings. The number of nitrogens with two attached hydrogens (primary N) is 1. The molecule has 0 bridgehead atoms. The largest absolute Gasteiger partial charge is 0.228 e. The normalized spacial score (nSPS) is 14.0. The lowest BCUT2D eigenvalue weighted by Crippen LogP contribution is -2.20. The molecule has 0 unspecified atom stereocenters. The van der Waals surface area contributed by atoms with Gasteiger partial charge in [0.25, 0.3) is 0 Å². The minimum atomic E-state index is -3.47. The Morgan fingerprint density at radius 3 is 2.23 bits per heavy atom. The molecule has 0 radical (unpaired) electrons. The predicted molar refractivity (Wildman–Crippen MR) is 52.6 cm³/mol. The van der Waals surface area contributed by atoms with Gasteiger partial charge in [-0.15, -0.1) is 0 Å². The summed E-state index contributed by atoms with van der Waals surface area (Å²) in [5.74, 6) is 0. The highest BCUT2D eigenvalue weighted by molar-refractivity contribution is 7.89. The van der Waals surface area contributed by atoms with E-state index in [2.05, 4.69) is 0 Å². The van der Waals surface area contributed by atoms with E-state index in [-0.39, 0.29) is 0 Å². The molecule has 0 saturated carbocycles. The van der Waals surface area contributed by atoms with Gasteiger partial charge in [0, 0.05) is 0 Å². The van der Waals surface area contributed by atoms with Gasteiger partial charge in [-0.05, 0) is 12.0 Å². The van der Waals surface area contributed by atoms with Gasteiger partial charge < -0.3 is 0 Å². The average Bonchev–Trinajstić information content (AvgIpc) is 2.05. The molecule has 72 valence electrons. The minimum Gasteiger partial charge on any atom is -0.228 e. The van der Waals surface area contributed by atoms with Crippen molar-refractivity contribution < 1.29 is 8.42 Å². The first-order chi connectivity index (χ1) is 6.05. The van der Waals surface area contributed by atoms with Crippen molar-refractivity contribution in [3.8, 4) is 0 Å². The van der Waals surface area contributed by atoms with E-state index in [4.69, 9.17) is 5.14 Å². The second-order valence-electron chi connectivity index (χ2n) is 2.90. The number of sulfonamides is 1. The second kappa shape index (κ2) is 3.89. The number of benzene rings is 1. The van der Waals surface area contributed by atoms with Gasteiger partial charge in [-0.3, -0.25) is 0 Å². The maximum Gasteiger partial charge on any atom is 0.216 e. The van der Waals surface area contributed by atoms with Crippen molar-refractivity contribution in [1.29, 1.82) is 0 Å². The molecule has 1 rings (SSSR count). The molecule has 13 heavy (non-hydrogen) atoms. The summed E-state index contributed by atoms with van der Waals surface area (Å²) in [4.78, 5) is 0. The highest BCUT2D eigenvalue weighted by Crippen LogP contribution is 2.22. The zero-order chi connectivity index (χ0) is 9.90. The summed E-state index contributed by atoms with van der Waals surface area (Å²) in [5, 5.41) is 4.52. The number of hydrogen-bond acceptors (Lipinski definition) is 2. The molecule has 1 atom stereocenters. The molecular weight excluding hydrogens is 186 g/mol. The highest BCUT2D eigenvalue weighted by atomic mass is 32.2. The van der Waals surface area contributed by atoms with Crippen molar-refractivity contribution >= 4 is 10.0 Å². The molecule has 0 saturated heterocycles. The van der Waals surface area contributed by atoms with E-state index in [9.17, 15) is 8.42 Å². The molecule has 0 spiro atoms. The fourth-order valence-electron chi connectivity index (χ4n) is 1.33. The first-order valence-electron chi connectivity index (χ1n) is 4.12. The summed E-state index contributed by atoms with van der Waals surface area (Å²) in [6.07, 6.45) is 0.503. The topological polar surface area (TPSA) is 60.2 Å². The molecule has 1 aromatic carbocycles. The SMILES string of the molecule is CC[C@@H](c1ccccc1)S(N)(=O)=O. The fourth-order valence-corrected chi connectivity index (χ4v) is 2.33. The second-order valence-corrected chi connectivity index (χ2v) is 4.64. The Balaban J connectivity index is 3.06. The third-order valence-electron chi connectivity index (χ3n) is 1.94. The molecule has 0 aliphatic carbocycles. The van der Waals surface area contributed by atoms with Crippen LogP contribution >= 0.6 is 0 Å². The third kappa shape index (κ3) is 2.54. The highest BCUT2D eigenvalue weighted by Gasteiger charge is 2.20. The van der Waals surface area contributed by atoms with Gasteiger partial charge in [-0.25, -0.2) is 13.6 Å². The molecule has 1 aromatic rings. The van der Waals surface area contributed by atoms with Crippen molar-refractivity contribution in [2.75, 3.05) is 0 Å². The van der Waals surface area contributed by atoms with E-state index in [1.54, 1.807) is 12.1 Å². The summed E-state index contributed by atoms with van der Waals surface area (Å²) >= 11 is 0. The number of hydrogen-bond donors (Lipinski definition) is 1. The van der Waals surface area contributed by atoms with Crippen LogP contribution in [0.1, 0.15) is 24.2 Å². The summed E-state index contributed by atoms with van der Waals surface area (Å²) < 4.78 is 22.3. The molecule has 4 heteroatoms. The Bertz CT molecular complexity index is 358. The maximum absolute atomic E-state index is 11.1. The Kier molecular flexibility index (Phi) is 3.06. The summed E-state index contributed by atoms with van der Waals surface area (Å²) in [6, 6.07) is 9.02. The molecule has 0 amide bonds. The lowest BCUT2D eigenvalue weighted by Gasteiger charge is -2.11. The Hall–Kier alpha value is -0.870. The van der Waals surface area contributed by atoms with Gasteiger partial charge in [0.1, 0.15) is 0 Å². The van der Waals surface area contributed by atoms with Crippen LogP contribution in [0.15, 0.2) is 30.3 Å². The lowest BCUT2D eigenvalue weighted by molar-refractivity contribution is 0.581. The average molecular weight is 199 g/mol. The summed E-state index contributed by atoms with van der Waals surface area (Å²) in [6.45, 7) is 1.81. The molecule has 0 aliphatic heterocycles. The van der Waals surface area contributed by atoms with Crippen LogP contribution < -0.4 is 5.14 Å².